The van der Waals surface area contributed by atoms with Gasteiger partial charge in [0.15, 0.2) is 5.13 Å². The van der Waals surface area contributed by atoms with Gasteiger partial charge in [0, 0.05) is 17.1 Å². The van der Waals surface area contributed by atoms with Gasteiger partial charge >= 0.3 is 0 Å². The van der Waals surface area contributed by atoms with Crippen LogP contribution in [0.5, 0.6) is 0 Å². The molecule has 0 bridgehead atoms. The van der Waals surface area contributed by atoms with Crippen LogP contribution in [0.2, 0.25) is 0 Å². The summed E-state index contributed by atoms with van der Waals surface area (Å²) in [5.41, 5.74) is 2.90. The maximum Gasteiger partial charge on any atom is 0.239 e. The molecule has 4 aromatic rings. The number of fused-ring (bicyclic) bond motifs is 1. The molecule has 8 heteroatoms. The summed E-state index contributed by atoms with van der Waals surface area (Å²) in [6.07, 6.45) is 0. The van der Waals surface area contributed by atoms with Crippen molar-refractivity contribution in [3.05, 3.63) is 71.8 Å². The number of anilines is 1. The summed E-state index contributed by atoms with van der Waals surface area (Å²) in [5.74, 6) is -0.0739. The molecule has 0 aliphatic rings. The van der Waals surface area contributed by atoms with Crippen molar-refractivity contribution in [3.8, 4) is 0 Å². The third-order valence-electron chi connectivity index (χ3n) is 4.63. The lowest BCUT2D eigenvalue weighted by molar-refractivity contribution is -0.116. The number of aromatic nitrogens is 3. The molecule has 2 heterocycles. The van der Waals surface area contributed by atoms with Crippen LogP contribution in [0.15, 0.2) is 59.5 Å². The van der Waals surface area contributed by atoms with Gasteiger partial charge in [0.25, 0.3) is 0 Å². The van der Waals surface area contributed by atoms with E-state index in [1.165, 1.54) is 35.2 Å². The molecule has 154 valence electrons. The van der Waals surface area contributed by atoms with Crippen molar-refractivity contribution in [2.45, 2.75) is 25.3 Å². The number of nitrogens with zero attached hydrogens (tertiary/aromatic N) is 4. The van der Waals surface area contributed by atoms with Gasteiger partial charge in [0.2, 0.25) is 5.91 Å². The van der Waals surface area contributed by atoms with Crippen molar-refractivity contribution in [2.75, 3.05) is 17.2 Å². The van der Waals surface area contributed by atoms with E-state index in [1.807, 2.05) is 48.9 Å². The monoisotopic (exact) mass is 440 g/mol. The standard InChI is InChI=1S/C22H21FN4OS2/c1-15-13-16(2)27(25-15)12-11-26(22-24-19-5-3-4-6-20(19)30-22)21(28)14-29-18-9-7-17(23)8-10-18/h3-10,13H,11-12,14H2,1-2H3. The van der Waals surface area contributed by atoms with Crippen LogP contribution in [0.3, 0.4) is 0 Å². The van der Waals surface area contributed by atoms with Crippen LogP contribution in [-0.2, 0) is 11.3 Å². The number of rotatable bonds is 7. The van der Waals surface area contributed by atoms with Gasteiger partial charge in [-0.2, -0.15) is 5.10 Å². The Morgan fingerprint density at radius 3 is 2.63 bits per heavy atom. The van der Waals surface area contributed by atoms with Gasteiger partial charge in [-0.1, -0.05) is 23.5 Å². The summed E-state index contributed by atoms with van der Waals surface area (Å²) >= 11 is 2.90. The molecule has 0 saturated heterocycles. The number of aryl methyl sites for hydroxylation is 2. The highest BCUT2D eigenvalue weighted by Gasteiger charge is 2.20. The fourth-order valence-electron chi connectivity index (χ4n) is 3.15. The molecular weight excluding hydrogens is 419 g/mol. The first kappa shape index (κ1) is 20.6. The summed E-state index contributed by atoms with van der Waals surface area (Å²) in [4.78, 5) is 20.4. The maximum atomic E-state index is 13.1. The van der Waals surface area contributed by atoms with E-state index in [0.717, 1.165) is 26.5 Å². The fraction of sp³-hybridized carbons (Fsp3) is 0.227. The first-order chi connectivity index (χ1) is 14.5. The highest BCUT2D eigenvalue weighted by molar-refractivity contribution is 8.00. The van der Waals surface area contributed by atoms with Crippen LogP contribution in [0, 0.1) is 19.7 Å². The number of hydrogen-bond acceptors (Lipinski definition) is 5. The van der Waals surface area contributed by atoms with Gasteiger partial charge in [0.1, 0.15) is 5.82 Å². The van der Waals surface area contributed by atoms with Gasteiger partial charge in [-0.15, -0.1) is 11.8 Å². The Morgan fingerprint density at radius 2 is 1.93 bits per heavy atom. The third kappa shape index (κ3) is 4.71. The van der Waals surface area contributed by atoms with Crippen LogP contribution < -0.4 is 4.90 Å². The minimum Gasteiger partial charge on any atom is -0.285 e. The number of thiazole rings is 1. The van der Waals surface area contributed by atoms with Crippen molar-refractivity contribution >= 4 is 44.4 Å². The Balaban J connectivity index is 1.54. The van der Waals surface area contributed by atoms with E-state index in [1.54, 1.807) is 17.0 Å². The highest BCUT2D eigenvalue weighted by Crippen LogP contribution is 2.29. The predicted molar refractivity (Wildman–Crippen MR) is 121 cm³/mol. The van der Waals surface area contributed by atoms with E-state index in [0.29, 0.717) is 18.2 Å². The molecule has 2 aromatic carbocycles. The summed E-state index contributed by atoms with van der Waals surface area (Å²) in [7, 11) is 0. The fourth-order valence-corrected chi connectivity index (χ4v) is 4.94. The largest absolute Gasteiger partial charge is 0.285 e. The molecule has 0 unspecified atom stereocenters. The number of carbonyl (C=O) groups is 1. The molecule has 30 heavy (non-hydrogen) atoms. The lowest BCUT2D eigenvalue weighted by atomic mass is 10.3. The molecule has 0 radical (unpaired) electrons. The topological polar surface area (TPSA) is 51.0 Å². The van der Waals surface area contributed by atoms with Gasteiger partial charge in [-0.05, 0) is 56.3 Å². The number of hydrogen-bond donors (Lipinski definition) is 0. The van der Waals surface area contributed by atoms with Crippen molar-refractivity contribution in [1.29, 1.82) is 0 Å². The Bertz CT molecular complexity index is 1140. The van der Waals surface area contributed by atoms with E-state index in [-0.39, 0.29) is 17.5 Å². The Hall–Kier alpha value is -2.71. The zero-order valence-corrected chi connectivity index (χ0v) is 18.3. The number of thioether (sulfide) groups is 1. The van der Waals surface area contributed by atoms with Crippen LogP contribution in [0.25, 0.3) is 10.2 Å². The van der Waals surface area contributed by atoms with Gasteiger partial charge < -0.3 is 0 Å². The summed E-state index contributed by atoms with van der Waals surface area (Å²) in [5, 5.41) is 5.18. The molecule has 5 nitrogen and oxygen atoms in total. The minimum atomic E-state index is -0.285. The predicted octanol–water partition coefficient (Wildman–Crippen LogP) is 5.07. The molecule has 0 fully saturated rings. The highest BCUT2D eigenvalue weighted by atomic mass is 32.2. The molecule has 0 aliphatic heterocycles. The quantitative estimate of drug-likeness (QED) is 0.376. The van der Waals surface area contributed by atoms with Crippen molar-refractivity contribution < 1.29 is 9.18 Å². The number of benzene rings is 2. The Kier molecular flexibility index (Phi) is 6.15. The van der Waals surface area contributed by atoms with Gasteiger partial charge in [-0.3, -0.25) is 14.4 Å². The SMILES string of the molecule is Cc1cc(C)n(CCN(C(=O)CSc2ccc(F)cc2)c2nc3ccccc3s2)n1. The average molecular weight is 441 g/mol. The zero-order valence-electron chi connectivity index (χ0n) is 16.7. The molecule has 0 aliphatic carbocycles. The molecule has 1 amide bonds. The van der Waals surface area contributed by atoms with Crippen LogP contribution >= 0.6 is 23.1 Å². The maximum absolute atomic E-state index is 13.1. The normalized spacial score (nSPS) is 11.2. The molecule has 0 spiro atoms. The first-order valence-corrected chi connectivity index (χ1v) is 11.3. The Labute approximate surface area is 182 Å². The minimum absolute atomic E-state index is 0.0371. The van der Waals surface area contributed by atoms with Gasteiger partial charge in [0.05, 0.1) is 28.2 Å². The molecule has 4 rings (SSSR count). The van der Waals surface area contributed by atoms with E-state index >= 15 is 0 Å². The molecule has 0 saturated carbocycles. The Morgan fingerprint density at radius 1 is 1.17 bits per heavy atom. The van der Waals surface area contributed by atoms with Crippen molar-refractivity contribution in [2.24, 2.45) is 0 Å². The van der Waals surface area contributed by atoms with E-state index < -0.39 is 0 Å². The second-order valence-corrected chi connectivity index (χ2v) is 8.96. The number of halogens is 1. The molecule has 2 aromatic heterocycles. The summed E-state index contributed by atoms with van der Waals surface area (Å²) in [6.45, 7) is 5.03. The summed E-state index contributed by atoms with van der Waals surface area (Å²) in [6, 6.07) is 16.1. The van der Waals surface area contributed by atoms with Gasteiger partial charge in [-0.25, -0.2) is 9.37 Å². The lowest BCUT2D eigenvalue weighted by Crippen LogP contribution is -2.35. The number of para-hydroxylation sites is 1. The first-order valence-electron chi connectivity index (χ1n) is 9.55. The number of amides is 1. The second-order valence-electron chi connectivity index (χ2n) is 6.90. The van der Waals surface area contributed by atoms with E-state index in [9.17, 15) is 9.18 Å². The van der Waals surface area contributed by atoms with Crippen LogP contribution in [-0.4, -0.2) is 33.0 Å². The van der Waals surface area contributed by atoms with Crippen LogP contribution in [0.1, 0.15) is 11.4 Å². The van der Waals surface area contributed by atoms with Crippen molar-refractivity contribution in [3.63, 3.8) is 0 Å². The van der Waals surface area contributed by atoms with E-state index in [2.05, 4.69) is 10.1 Å². The smallest absolute Gasteiger partial charge is 0.239 e. The zero-order chi connectivity index (χ0) is 21.1. The lowest BCUT2D eigenvalue weighted by Gasteiger charge is -2.20. The molecule has 0 atom stereocenters. The third-order valence-corrected chi connectivity index (χ3v) is 6.69. The summed E-state index contributed by atoms with van der Waals surface area (Å²) < 4.78 is 16.1. The van der Waals surface area contributed by atoms with Crippen LogP contribution in [0.4, 0.5) is 9.52 Å². The molecule has 0 N–H and O–H groups in total. The number of carbonyl (C=O) groups excluding carboxylic acids is 1. The second kappa shape index (κ2) is 8.97. The molecular formula is C22H21FN4OS2. The average Bonchev–Trinajstić information content (AvgIpc) is 3.30. The van der Waals surface area contributed by atoms with Crippen molar-refractivity contribution in [1.82, 2.24) is 14.8 Å². The van der Waals surface area contributed by atoms with E-state index in [4.69, 9.17) is 0 Å².